The van der Waals surface area contributed by atoms with Crippen molar-refractivity contribution in [2.45, 2.75) is 38.8 Å². The zero-order valence-electron chi connectivity index (χ0n) is 12.8. The van der Waals surface area contributed by atoms with Crippen LogP contribution in [-0.4, -0.2) is 29.4 Å². The highest BCUT2D eigenvalue weighted by molar-refractivity contribution is 6.08. The van der Waals surface area contributed by atoms with E-state index in [1.807, 2.05) is 35.2 Å². The summed E-state index contributed by atoms with van der Waals surface area (Å²) >= 11 is 0. The minimum atomic E-state index is -0.849. The van der Waals surface area contributed by atoms with Gasteiger partial charge in [-0.15, -0.1) is 0 Å². The molecule has 3 aliphatic rings. The summed E-state index contributed by atoms with van der Waals surface area (Å²) < 4.78 is 5.26. The van der Waals surface area contributed by atoms with Gasteiger partial charge in [-0.25, -0.2) is 0 Å². The second-order valence-corrected chi connectivity index (χ2v) is 6.69. The first-order valence-corrected chi connectivity index (χ1v) is 8.21. The number of piperidine rings is 1. The minimum absolute atomic E-state index is 0.0125. The molecule has 0 radical (unpaired) electrons. The van der Waals surface area contributed by atoms with E-state index in [4.69, 9.17) is 4.74 Å². The number of fused-ring (bicyclic) bond motifs is 2. The molecular formula is C18H21NO3. The molecule has 2 saturated carbocycles. The molecule has 1 heterocycles. The van der Waals surface area contributed by atoms with E-state index in [2.05, 4.69) is 0 Å². The molecule has 2 bridgehead atoms. The van der Waals surface area contributed by atoms with E-state index in [0.717, 1.165) is 24.8 Å². The van der Waals surface area contributed by atoms with Gasteiger partial charge in [-0.1, -0.05) is 30.3 Å². The van der Waals surface area contributed by atoms with Crippen LogP contribution >= 0.6 is 0 Å². The molecule has 4 rings (SSSR count). The maximum Gasteiger partial charge on any atom is 0.322 e. The van der Waals surface area contributed by atoms with Crippen LogP contribution < -0.4 is 0 Å². The summed E-state index contributed by atoms with van der Waals surface area (Å²) in [4.78, 5) is 27.5. The molecule has 0 N–H and O–H groups in total. The Labute approximate surface area is 130 Å². The van der Waals surface area contributed by atoms with Crippen LogP contribution in [0.3, 0.4) is 0 Å². The van der Waals surface area contributed by atoms with Gasteiger partial charge in [0.25, 0.3) is 0 Å². The topological polar surface area (TPSA) is 46.6 Å². The minimum Gasteiger partial charge on any atom is -0.465 e. The summed E-state index contributed by atoms with van der Waals surface area (Å²) in [7, 11) is 0. The second-order valence-electron chi connectivity index (χ2n) is 6.69. The summed E-state index contributed by atoms with van der Waals surface area (Å²) in [6.45, 7) is 2.75. The van der Waals surface area contributed by atoms with Gasteiger partial charge in [0.1, 0.15) is 0 Å². The molecule has 116 valence electrons. The number of ether oxygens (including phenoxy) is 1. The molecule has 1 amide bonds. The van der Waals surface area contributed by atoms with Gasteiger partial charge in [-0.3, -0.25) is 9.59 Å². The first-order valence-electron chi connectivity index (χ1n) is 8.21. The number of rotatable bonds is 4. The molecule has 3 fully saturated rings. The SMILES string of the molecule is CCOC(=O)[C@@]12C(=O)N(Cc3ccccc3)[C@H]3CC[C@H]1[C@H]2C3. The largest absolute Gasteiger partial charge is 0.465 e. The Morgan fingerprint density at radius 1 is 1.27 bits per heavy atom. The normalized spacial score (nSPS) is 35.2. The summed E-state index contributed by atoms with van der Waals surface area (Å²) in [5.74, 6) is 0.174. The molecule has 0 unspecified atom stereocenters. The van der Waals surface area contributed by atoms with Gasteiger partial charge in [0.15, 0.2) is 5.41 Å². The number of carbonyl (C=O) groups excluding carboxylic acids is 2. The van der Waals surface area contributed by atoms with Crippen LogP contribution in [0.25, 0.3) is 0 Å². The number of hydrogen-bond donors (Lipinski definition) is 0. The van der Waals surface area contributed by atoms with Crippen molar-refractivity contribution in [1.82, 2.24) is 4.90 Å². The molecule has 4 nitrogen and oxygen atoms in total. The Morgan fingerprint density at radius 3 is 2.77 bits per heavy atom. The van der Waals surface area contributed by atoms with Gasteiger partial charge in [-0.05, 0) is 43.6 Å². The zero-order chi connectivity index (χ0) is 15.3. The first kappa shape index (κ1) is 13.8. The lowest BCUT2D eigenvalue weighted by Crippen LogP contribution is -2.50. The van der Waals surface area contributed by atoms with Crippen LogP contribution in [0.4, 0.5) is 0 Å². The van der Waals surface area contributed by atoms with Gasteiger partial charge >= 0.3 is 5.97 Å². The fraction of sp³-hybridized carbons (Fsp3) is 0.556. The molecule has 1 aliphatic heterocycles. The summed E-state index contributed by atoms with van der Waals surface area (Å²) in [6.07, 6.45) is 2.95. The number of hydrogen-bond acceptors (Lipinski definition) is 3. The second kappa shape index (κ2) is 4.83. The third-order valence-corrected chi connectivity index (χ3v) is 5.75. The van der Waals surface area contributed by atoms with E-state index >= 15 is 0 Å². The fourth-order valence-electron chi connectivity index (χ4n) is 4.73. The van der Waals surface area contributed by atoms with Crippen molar-refractivity contribution in [2.24, 2.45) is 17.3 Å². The van der Waals surface area contributed by atoms with Crippen LogP contribution in [0.15, 0.2) is 30.3 Å². The molecule has 1 aromatic rings. The lowest BCUT2D eigenvalue weighted by molar-refractivity contribution is -0.162. The monoisotopic (exact) mass is 299 g/mol. The van der Waals surface area contributed by atoms with Gasteiger partial charge in [0, 0.05) is 12.6 Å². The number of likely N-dealkylation sites (tertiary alicyclic amines) is 1. The summed E-state index contributed by atoms with van der Waals surface area (Å²) in [5, 5.41) is 0. The van der Waals surface area contributed by atoms with E-state index in [-0.39, 0.29) is 23.7 Å². The van der Waals surface area contributed by atoms with E-state index < -0.39 is 5.41 Å². The molecule has 2 aliphatic carbocycles. The van der Waals surface area contributed by atoms with Crippen molar-refractivity contribution in [3.63, 3.8) is 0 Å². The van der Waals surface area contributed by atoms with Crippen LogP contribution in [0, 0.1) is 17.3 Å². The van der Waals surface area contributed by atoms with Crippen molar-refractivity contribution >= 4 is 11.9 Å². The standard InChI is InChI=1S/C18H21NO3/c1-2-22-17(21)18-14-9-8-13(10-15(14)18)19(16(18)20)11-12-6-4-3-5-7-12/h3-7,13-15H,2,8-11H2,1H3/t13-,14-,15+,18-/m0/s1. The van der Waals surface area contributed by atoms with Gasteiger partial charge in [-0.2, -0.15) is 0 Å². The Kier molecular flexibility index (Phi) is 3.03. The van der Waals surface area contributed by atoms with Crippen LogP contribution in [0.1, 0.15) is 31.7 Å². The third kappa shape index (κ3) is 1.70. The highest BCUT2D eigenvalue weighted by Crippen LogP contribution is 2.70. The van der Waals surface area contributed by atoms with E-state index in [9.17, 15) is 9.59 Å². The van der Waals surface area contributed by atoms with Crippen LogP contribution in [0.5, 0.6) is 0 Å². The van der Waals surface area contributed by atoms with Crippen molar-refractivity contribution in [1.29, 1.82) is 0 Å². The molecule has 1 saturated heterocycles. The Bertz CT molecular complexity index is 608. The number of benzene rings is 1. The molecule has 4 atom stereocenters. The Hall–Kier alpha value is -1.84. The lowest BCUT2D eigenvalue weighted by atomic mass is 9.89. The Balaban J connectivity index is 1.64. The van der Waals surface area contributed by atoms with E-state index in [0.29, 0.717) is 19.2 Å². The van der Waals surface area contributed by atoms with Crippen molar-refractivity contribution in [2.75, 3.05) is 6.61 Å². The molecule has 1 aromatic carbocycles. The highest BCUT2D eigenvalue weighted by Gasteiger charge is 2.79. The Morgan fingerprint density at radius 2 is 2.05 bits per heavy atom. The van der Waals surface area contributed by atoms with Gasteiger partial charge in [0.2, 0.25) is 5.91 Å². The summed E-state index contributed by atoms with van der Waals surface area (Å²) in [5.41, 5.74) is 0.273. The number of esters is 1. The first-order chi connectivity index (χ1) is 10.7. The van der Waals surface area contributed by atoms with E-state index in [1.54, 1.807) is 6.92 Å². The molecule has 0 aromatic heterocycles. The highest BCUT2D eigenvalue weighted by atomic mass is 16.5. The van der Waals surface area contributed by atoms with Gasteiger partial charge < -0.3 is 9.64 Å². The maximum absolute atomic E-state index is 13.1. The lowest BCUT2D eigenvalue weighted by Gasteiger charge is -2.38. The average Bonchev–Trinajstić information content (AvgIpc) is 3.24. The van der Waals surface area contributed by atoms with Gasteiger partial charge in [0.05, 0.1) is 6.61 Å². The van der Waals surface area contributed by atoms with Crippen molar-refractivity contribution < 1.29 is 14.3 Å². The zero-order valence-corrected chi connectivity index (χ0v) is 12.8. The molecule has 4 heteroatoms. The third-order valence-electron chi connectivity index (χ3n) is 5.75. The molecule has 22 heavy (non-hydrogen) atoms. The smallest absolute Gasteiger partial charge is 0.322 e. The maximum atomic E-state index is 13.1. The predicted molar refractivity (Wildman–Crippen MR) is 80.7 cm³/mol. The summed E-state index contributed by atoms with van der Waals surface area (Å²) in [6, 6.07) is 10.3. The van der Waals surface area contributed by atoms with E-state index in [1.165, 1.54) is 0 Å². The molecule has 0 spiro atoms. The van der Waals surface area contributed by atoms with Crippen LogP contribution in [-0.2, 0) is 20.9 Å². The predicted octanol–water partition coefficient (Wildman–Crippen LogP) is 2.38. The number of amides is 1. The fourth-order valence-corrected chi connectivity index (χ4v) is 4.73. The number of nitrogens with zero attached hydrogens (tertiary/aromatic N) is 1. The number of carbonyl (C=O) groups is 2. The van der Waals surface area contributed by atoms with Crippen molar-refractivity contribution in [3.8, 4) is 0 Å². The quantitative estimate of drug-likeness (QED) is 0.633. The molecular weight excluding hydrogens is 278 g/mol. The average molecular weight is 299 g/mol. The van der Waals surface area contributed by atoms with Crippen LogP contribution in [0.2, 0.25) is 0 Å². The van der Waals surface area contributed by atoms with Crippen molar-refractivity contribution in [3.05, 3.63) is 35.9 Å².